The maximum absolute atomic E-state index is 12.7. The van der Waals surface area contributed by atoms with Crippen LogP contribution in [0.15, 0.2) is 35.4 Å². The van der Waals surface area contributed by atoms with Gasteiger partial charge in [0.15, 0.2) is 0 Å². The number of amides is 1. The van der Waals surface area contributed by atoms with E-state index in [2.05, 4.69) is 5.32 Å². The molecule has 0 aliphatic carbocycles. The number of nitrogens with one attached hydrogen (secondary N) is 1. The van der Waals surface area contributed by atoms with Crippen LogP contribution in [0.2, 0.25) is 10.0 Å². The molecule has 6 nitrogen and oxygen atoms in total. The lowest BCUT2D eigenvalue weighted by atomic mass is 10.1. The molecular formula is C18H23Cl2N3O3S. The largest absolute Gasteiger partial charge is 0.345 e. The summed E-state index contributed by atoms with van der Waals surface area (Å²) in [5.74, 6) is -0.378. The molecule has 2 rings (SSSR count). The van der Waals surface area contributed by atoms with E-state index in [0.29, 0.717) is 23.1 Å². The van der Waals surface area contributed by atoms with Crippen molar-refractivity contribution in [1.29, 1.82) is 0 Å². The highest BCUT2D eigenvalue weighted by Crippen LogP contribution is 2.26. The quantitative estimate of drug-likeness (QED) is 0.723. The Balaban J connectivity index is 2.24. The van der Waals surface area contributed by atoms with Crippen LogP contribution in [0.1, 0.15) is 42.9 Å². The van der Waals surface area contributed by atoms with Crippen molar-refractivity contribution < 1.29 is 13.2 Å². The number of benzene rings is 1. The number of nitrogens with zero attached hydrogens (tertiary/aromatic N) is 2. The number of aryl methyl sites for hydroxylation is 1. The molecule has 0 saturated heterocycles. The minimum Gasteiger partial charge on any atom is -0.345 e. The Morgan fingerprint density at radius 3 is 2.37 bits per heavy atom. The van der Waals surface area contributed by atoms with E-state index < -0.39 is 10.0 Å². The van der Waals surface area contributed by atoms with E-state index in [1.165, 1.54) is 21.1 Å². The molecule has 0 aliphatic heterocycles. The molecule has 2 aromatic rings. The van der Waals surface area contributed by atoms with Crippen LogP contribution in [0.3, 0.4) is 0 Å². The van der Waals surface area contributed by atoms with Crippen LogP contribution >= 0.6 is 23.2 Å². The van der Waals surface area contributed by atoms with E-state index in [1.807, 2.05) is 6.92 Å². The molecule has 1 heterocycles. The Bertz CT molecular complexity index is 937. The molecule has 0 bridgehead atoms. The van der Waals surface area contributed by atoms with Gasteiger partial charge in [-0.2, -0.15) is 4.31 Å². The minimum atomic E-state index is -3.63. The molecule has 1 atom stereocenters. The molecule has 148 valence electrons. The lowest BCUT2D eigenvalue weighted by Crippen LogP contribution is -2.30. The fraction of sp³-hybridized carbons (Fsp3) is 0.389. The van der Waals surface area contributed by atoms with Gasteiger partial charge in [-0.05, 0) is 30.7 Å². The van der Waals surface area contributed by atoms with Crippen molar-refractivity contribution in [3.05, 3.63) is 51.8 Å². The lowest BCUT2D eigenvalue weighted by molar-refractivity contribution is 0.0931. The van der Waals surface area contributed by atoms with Gasteiger partial charge in [0.1, 0.15) is 10.6 Å². The Morgan fingerprint density at radius 2 is 1.81 bits per heavy atom. The molecule has 0 fully saturated rings. The van der Waals surface area contributed by atoms with Crippen molar-refractivity contribution in [2.75, 3.05) is 13.1 Å². The van der Waals surface area contributed by atoms with Crippen LogP contribution in [0.25, 0.3) is 0 Å². The third kappa shape index (κ3) is 4.66. The van der Waals surface area contributed by atoms with Crippen LogP contribution in [-0.2, 0) is 17.1 Å². The van der Waals surface area contributed by atoms with Gasteiger partial charge in [0, 0.05) is 26.3 Å². The summed E-state index contributed by atoms with van der Waals surface area (Å²) in [6.45, 7) is 6.09. The van der Waals surface area contributed by atoms with E-state index >= 15 is 0 Å². The van der Waals surface area contributed by atoms with Gasteiger partial charge in [0.25, 0.3) is 5.91 Å². The normalized spacial score (nSPS) is 13.0. The SMILES string of the molecule is CCN(CC)S(=O)(=O)c1cc(C(=O)NC(C)c2ccc(Cl)c(Cl)c2)n(C)c1. The zero-order chi connectivity index (χ0) is 20.4. The van der Waals surface area contributed by atoms with Gasteiger partial charge < -0.3 is 9.88 Å². The van der Waals surface area contributed by atoms with Crippen molar-refractivity contribution in [1.82, 2.24) is 14.2 Å². The number of carbonyl (C=O) groups is 1. The predicted octanol–water partition coefficient (Wildman–Crippen LogP) is 3.85. The standard InChI is InChI=1S/C18H23Cl2N3O3S/c1-5-23(6-2)27(25,26)14-10-17(22(4)11-14)18(24)21-12(3)13-7-8-15(19)16(20)9-13/h7-12H,5-6H2,1-4H3,(H,21,24). The highest BCUT2D eigenvalue weighted by atomic mass is 35.5. The summed E-state index contributed by atoms with van der Waals surface area (Å²) in [5, 5.41) is 3.69. The highest BCUT2D eigenvalue weighted by molar-refractivity contribution is 7.89. The number of hydrogen-bond donors (Lipinski definition) is 1. The molecule has 0 saturated carbocycles. The second kappa shape index (κ2) is 8.65. The van der Waals surface area contributed by atoms with Gasteiger partial charge in [0.05, 0.1) is 16.1 Å². The van der Waals surface area contributed by atoms with Gasteiger partial charge in [-0.1, -0.05) is 43.1 Å². The zero-order valence-corrected chi connectivity index (χ0v) is 18.0. The molecule has 9 heteroatoms. The lowest BCUT2D eigenvalue weighted by Gasteiger charge is -2.17. The number of halogens is 2. The van der Waals surface area contributed by atoms with Crippen molar-refractivity contribution in [3.8, 4) is 0 Å². The van der Waals surface area contributed by atoms with E-state index in [1.54, 1.807) is 39.1 Å². The second-order valence-corrected chi connectivity index (χ2v) is 8.88. The summed E-state index contributed by atoms with van der Waals surface area (Å²) >= 11 is 11.9. The maximum Gasteiger partial charge on any atom is 0.268 e. The maximum atomic E-state index is 12.7. The molecular weight excluding hydrogens is 409 g/mol. The topological polar surface area (TPSA) is 71.4 Å². The number of rotatable bonds is 7. The first-order valence-corrected chi connectivity index (χ1v) is 10.7. The summed E-state index contributed by atoms with van der Waals surface area (Å²) < 4.78 is 28.2. The van der Waals surface area contributed by atoms with Crippen LogP contribution < -0.4 is 5.32 Å². The first-order valence-electron chi connectivity index (χ1n) is 8.54. The third-order valence-electron chi connectivity index (χ3n) is 4.35. The van der Waals surface area contributed by atoms with Crippen molar-refractivity contribution >= 4 is 39.1 Å². The third-order valence-corrected chi connectivity index (χ3v) is 7.10. The molecule has 27 heavy (non-hydrogen) atoms. The summed E-state index contributed by atoms with van der Waals surface area (Å²) in [6.07, 6.45) is 1.45. The fourth-order valence-corrected chi connectivity index (χ4v) is 4.59. The summed E-state index contributed by atoms with van der Waals surface area (Å²) in [4.78, 5) is 12.7. The Hall–Kier alpha value is -1.54. The summed E-state index contributed by atoms with van der Waals surface area (Å²) in [7, 11) is -1.99. The van der Waals surface area contributed by atoms with Gasteiger partial charge in [-0.3, -0.25) is 4.79 Å². The smallest absolute Gasteiger partial charge is 0.268 e. The van der Waals surface area contributed by atoms with E-state index in [-0.39, 0.29) is 22.5 Å². The zero-order valence-electron chi connectivity index (χ0n) is 15.7. The van der Waals surface area contributed by atoms with Gasteiger partial charge in [-0.15, -0.1) is 0 Å². The number of hydrogen-bond acceptors (Lipinski definition) is 3. The molecule has 1 unspecified atom stereocenters. The van der Waals surface area contributed by atoms with Crippen molar-refractivity contribution in [3.63, 3.8) is 0 Å². The average Bonchev–Trinajstić information content (AvgIpc) is 3.00. The number of sulfonamides is 1. The summed E-state index contributed by atoms with van der Waals surface area (Å²) in [6, 6.07) is 6.20. The van der Waals surface area contributed by atoms with Gasteiger partial charge in [-0.25, -0.2) is 8.42 Å². The van der Waals surface area contributed by atoms with Crippen LogP contribution in [-0.4, -0.2) is 36.3 Å². The Labute approximate surface area is 170 Å². The van der Waals surface area contributed by atoms with Crippen LogP contribution in [0.5, 0.6) is 0 Å². The van der Waals surface area contributed by atoms with E-state index in [4.69, 9.17) is 23.2 Å². The fourth-order valence-electron chi connectivity index (χ4n) is 2.75. The van der Waals surface area contributed by atoms with Crippen LogP contribution in [0, 0.1) is 0 Å². The monoisotopic (exact) mass is 431 g/mol. The molecule has 0 aliphatic rings. The molecule has 1 aromatic carbocycles. The molecule has 1 aromatic heterocycles. The minimum absolute atomic E-state index is 0.0982. The first-order chi connectivity index (χ1) is 12.6. The Morgan fingerprint density at radius 1 is 1.19 bits per heavy atom. The molecule has 0 radical (unpaired) electrons. The molecule has 0 spiro atoms. The van der Waals surface area contributed by atoms with Crippen molar-refractivity contribution in [2.45, 2.75) is 31.7 Å². The van der Waals surface area contributed by atoms with Crippen molar-refractivity contribution in [2.24, 2.45) is 7.05 Å². The summed E-state index contributed by atoms with van der Waals surface area (Å²) in [5.41, 5.74) is 1.05. The van der Waals surface area contributed by atoms with Crippen LogP contribution in [0.4, 0.5) is 0 Å². The van der Waals surface area contributed by atoms with E-state index in [9.17, 15) is 13.2 Å². The predicted molar refractivity (Wildman–Crippen MR) is 108 cm³/mol. The first kappa shape index (κ1) is 21.8. The molecule has 1 N–H and O–H groups in total. The van der Waals surface area contributed by atoms with E-state index in [0.717, 1.165) is 5.56 Å². The Kier molecular flexibility index (Phi) is 6.97. The average molecular weight is 432 g/mol. The highest BCUT2D eigenvalue weighted by Gasteiger charge is 2.25. The number of aromatic nitrogens is 1. The van der Waals surface area contributed by atoms with Gasteiger partial charge in [0.2, 0.25) is 10.0 Å². The molecule has 1 amide bonds. The number of carbonyl (C=O) groups excluding carboxylic acids is 1. The second-order valence-electron chi connectivity index (χ2n) is 6.13. The van der Waals surface area contributed by atoms with Gasteiger partial charge >= 0.3 is 0 Å².